The highest BCUT2D eigenvalue weighted by atomic mass is 35.5. The number of piperidine rings is 1. The SMILES string of the molecule is CCNC1CCN(c2c(Cl)cc(Cl)c3nsnc23)CC1. The molecule has 0 atom stereocenters. The molecule has 3 rings (SSSR count). The van der Waals surface area contributed by atoms with Crippen LogP contribution in [0.2, 0.25) is 10.0 Å². The largest absolute Gasteiger partial charge is 0.368 e. The van der Waals surface area contributed by atoms with Crippen molar-refractivity contribution in [3.8, 4) is 0 Å². The average Bonchev–Trinajstić information content (AvgIpc) is 2.90. The molecule has 20 heavy (non-hydrogen) atoms. The fourth-order valence-electron chi connectivity index (χ4n) is 2.76. The van der Waals surface area contributed by atoms with Crippen LogP contribution in [0.3, 0.4) is 0 Å². The van der Waals surface area contributed by atoms with Crippen molar-refractivity contribution >= 4 is 51.7 Å². The summed E-state index contributed by atoms with van der Waals surface area (Å²) in [6.45, 7) is 5.12. The van der Waals surface area contributed by atoms with Gasteiger partial charge in [-0.25, -0.2) is 0 Å². The second-order valence-electron chi connectivity index (χ2n) is 4.97. The highest BCUT2D eigenvalue weighted by Crippen LogP contribution is 2.38. The van der Waals surface area contributed by atoms with E-state index < -0.39 is 0 Å². The standard InChI is InChI=1S/C13H16Cl2N4S/c1-2-16-8-3-5-19(6-4-8)13-10(15)7-9(14)11-12(13)18-20-17-11/h7-8,16H,2-6H2,1H3. The summed E-state index contributed by atoms with van der Waals surface area (Å²) in [5.74, 6) is 0. The molecule has 1 fully saturated rings. The molecule has 2 heterocycles. The second-order valence-corrected chi connectivity index (χ2v) is 6.31. The first kappa shape index (κ1) is 14.3. The Balaban J connectivity index is 1.90. The van der Waals surface area contributed by atoms with Crippen molar-refractivity contribution < 1.29 is 0 Å². The van der Waals surface area contributed by atoms with E-state index in [1.54, 1.807) is 6.07 Å². The first-order valence-electron chi connectivity index (χ1n) is 6.79. The molecule has 1 aliphatic heterocycles. The van der Waals surface area contributed by atoms with E-state index >= 15 is 0 Å². The minimum Gasteiger partial charge on any atom is -0.368 e. The Kier molecular flexibility index (Phi) is 4.31. The molecule has 0 radical (unpaired) electrons. The van der Waals surface area contributed by atoms with Gasteiger partial charge in [-0.3, -0.25) is 0 Å². The summed E-state index contributed by atoms with van der Waals surface area (Å²) < 4.78 is 8.64. The topological polar surface area (TPSA) is 41.0 Å². The molecule has 0 unspecified atom stereocenters. The molecule has 4 nitrogen and oxygen atoms in total. The van der Waals surface area contributed by atoms with Crippen LogP contribution in [0, 0.1) is 0 Å². The molecule has 2 aromatic rings. The third kappa shape index (κ3) is 2.60. The Hall–Kier alpha value is -0.620. The van der Waals surface area contributed by atoms with Gasteiger partial charge in [-0.15, -0.1) is 0 Å². The third-order valence-electron chi connectivity index (χ3n) is 3.72. The maximum Gasteiger partial charge on any atom is 0.131 e. The van der Waals surface area contributed by atoms with Crippen LogP contribution < -0.4 is 10.2 Å². The van der Waals surface area contributed by atoms with Crippen molar-refractivity contribution in [2.24, 2.45) is 0 Å². The zero-order chi connectivity index (χ0) is 14.1. The Morgan fingerprint density at radius 3 is 2.65 bits per heavy atom. The summed E-state index contributed by atoms with van der Waals surface area (Å²) in [5.41, 5.74) is 2.56. The van der Waals surface area contributed by atoms with E-state index in [2.05, 4.69) is 25.9 Å². The number of hydrogen-bond donors (Lipinski definition) is 1. The maximum absolute atomic E-state index is 6.39. The Bertz CT molecular complexity index is 608. The second kappa shape index (κ2) is 6.02. The third-order valence-corrected chi connectivity index (χ3v) is 4.83. The molecule has 0 aliphatic carbocycles. The normalized spacial score (nSPS) is 17.1. The van der Waals surface area contributed by atoms with Crippen molar-refractivity contribution in [1.82, 2.24) is 14.1 Å². The van der Waals surface area contributed by atoms with Gasteiger partial charge in [-0.2, -0.15) is 8.75 Å². The molecule has 1 aromatic heterocycles. The zero-order valence-electron chi connectivity index (χ0n) is 11.2. The molecule has 0 amide bonds. The van der Waals surface area contributed by atoms with Crippen molar-refractivity contribution in [3.63, 3.8) is 0 Å². The molecule has 0 spiro atoms. The van der Waals surface area contributed by atoms with Crippen molar-refractivity contribution in [2.45, 2.75) is 25.8 Å². The lowest BCUT2D eigenvalue weighted by Gasteiger charge is -2.34. The number of nitrogens with one attached hydrogen (secondary N) is 1. The number of aromatic nitrogens is 2. The monoisotopic (exact) mass is 330 g/mol. The van der Waals surface area contributed by atoms with Crippen LogP contribution in [-0.4, -0.2) is 34.4 Å². The number of benzene rings is 1. The summed E-state index contributed by atoms with van der Waals surface area (Å²) in [6, 6.07) is 2.38. The van der Waals surface area contributed by atoms with Crippen LogP contribution in [0.25, 0.3) is 11.0 Å². The van der Waals surface area contributed by atoms with Crippen LogP contribution in [0.5, 0.6) is 0 Å². The molecular formula is C13H16Cl2N4S. The van der Waals surface area contributed by atoms with Gasteiger partial charge in [0.25, 0.3) is 0 Å². The molecule has 0 bridgehead atoms. The molecule has 1 aromatic carbocycles. The molecule has 1 N–H and O–H groups in total. The van der Waals surface area contributed by atoms with Gasteiger partial charge < -0.3 is 10.2 Å². The predicted molar refractivity (Wildman–Crippen MR) is 86.3 cm³/mol. The number of rotatable bonds is 3. The number of nitrogens with zero attached hydrogens (tertiary/aromatic N) is 3. The van der Waals surface area contributed by atoms with Gasteiger partial charge >= 0.3 is 0 Å². The fourth-order valence-corrected chi connectivity index (χ4v) is 3.99. The number of anilines is 1. The number of halogens is 2. The fraction of sp³-hybridized carbons (Fsp3) is 0.538. The van der Waals surface area contributed by atoms with Crippen molar-refractivity contribution in [1.29, 1.82) is 0 Å². The van der Waals surface area contributed by atoms with Crippen LogP contribution in [0.15, 0.2) is 6.07 Å². The Morgan fingerprint density at radius 1 is 1.25 bits per heavy atom. The number of hydrogen-bond acceptors (Lipinski definition) is 5. The first-order chi connectivity index (χ1) is 9.70. The Labute approximate surface area is 132 Å². The van der Waals surface area contributed by atoms with Gasteiger partial charge in [0.2, 0.25) is 0 Å². The van der Waals surface area contributed by atoms with E-state index in [0.717, 1.165) is 49.2 Å². The molecular weight excluding hydrogens is 315 g/mol. The minimum absolute atomic E-state index is 0.574. The van der Waals surface area contributed by atoms with E-state index in [-0.39, 0.29) is 0 Å². The van der Waals surface area contributed by atoms with Gasteiger partial charge in [-0.1, -0.05) is 30.1 Å². The van der Waals surface area contributed by atoms with Crippen molar-refractivity contribution in [2.75, 3.05) is 24.5 Å². The first-order valence-corrected chi connectivity index (χ1v) is 8.28. The van der Waals surface area contributed by atoms with Crippen LogP contribution in [-0.2, 0) is 0 Å². The lowest BCUT2D eigenvalue weighted by Crippen LogP contribution is -2.42. The summed E-state index contributed by atoms with van der Waals surface area (Å²) >= 11 is 13.7. The van der Waals surface area contributed by atoms with E-state index in [0.29, 0.717) is 16.1 Å². The zero-order valence-corrected chi connectivity index (χ0v) is 13.5. The maximum atomic E-state index is 6.39. The van der Waals surface area contributed by atoms with E-state index in [4.69, 9.17) is 23.2 Å². The molecule has 1 saturated heterocycles. The highest BCUT2D eigenvalue weighted by molar-refractivity contribution is 7.00. The smallest absolute Gasteiger partial charge is 0.131 e. The lowest BCUT2D eigenvalue weighted by atomic mass is 10.0. The van der Waals surface area contributed by atoms with Gasteiger partial charge in [-0.05, 0) is 25.5 Å². The molecule has 7 heteroatoms. The summed E-state index contributed by atoms with van der Waals surface area (Å²) in [5, 5.41) is 4.74. The molecule has 1 aliphatic rings. The van der Waals surface area contributed by atoms with Crippen LogP contribution in [0.4, 0.5) is 5.69 Å². The van der Waals surface area contributed by atoms with E-state index in [9.17, 15) is 0 Å². The van der Waals surface area contributed by atoms with Crippen LogP contribution >= 0.6 is 34.9 Å². The van der Waals surface area contributed by atoms with Gasteiger partial charge in [0.1, 0.15) is 11.0 Å². The highest BCUT2D eigenvalue weighted by Gasteiger charge is 2.24. The quantitative estimate of drug-likeness (QED) is 0.933. The van der Waals surface area contributed by atoms with E-state index in [1.165, 1.54) is 11.7 Å². The summed E-state index contributed by atoms with van der Waals surface area (Å²) in [7, 11) is 0. The van der Waals surface area contributed by atoms with Gasteiger partial charge in [0.15, 0.2) is 0 Å². The lowest BCUT2D eigenvalue weighted by molar-refractivity contribution is 0.424. The molecule has 108 valence electrons. The number of fused-ring (bicyclic) bond motifs is 1. The van der Waals surface area contributed by atoms with Crippen LogP contribution in [0.1, 0.15) is 19.8 Å². The van der Waals surface area contributed by atoms with Gasteiger partial charge in [0, 0.05) is 19.1 Å². The predicted octanol–water partition coefficient (Wildman–Crippen LogP) is 3.58. The Morgan fingerprint density at radius 2 is 1.95 bits per heavy atom. The average molecular weight is 331 g/mol. The molecule has 0 saturated carbocycles. The minimum atomic E-state index is 0.574. The summed E-state index contributed by atoms with van der Waals surface area (Å²) in [4.78, 5) is 2.30. The van der Waals surface area contributed by atoms with Crippen molar-refractivity contribution in [3.05, 3.63) is 16.1 Å². The van der Waals surface area contributed by atoms with Gasteiger partial charge in [0.05, 0.1) is 27.5 Å². The summed E-state index contributed by atoms with van der Waals surface area (Å²) in [6.07, 6.45) is 2.23. The van der Waals surface area contributed by atoms with E-state index in [1.807, 2.05) is 0 Å².